The highest BCUT2D eigenvalue weighted by atomic mass is 15.2. The fourth-order valence-corrected chi connectivity index (χ4v) is 2.66. The van der Waals surface area contributed by atoms with Crippen LogP contribution in [-0.4, -0.2) is 22.1 Å². The number of hydrogen-bond donors (Lipinski definition) is 1. The SMILES string of the molecule is CC(C)NCc1ccccc1N1CCn2ccnc2C1. The average Bonchev–Trinajstić information content (AvgIpc) is 2.92. The molecule has 0 saturated heterocycles. The van der Waals surface area contributed by atoms with E-state index in [2.05, 4.69) is 64.1 Å². The van der Waals surface area contributed by atoms with Crippen molar-refractivity contribution in [3.05, 3.63) is 48.0 Å². The van der Waals surface area contributed by atoms with Crippen molar-refractivity contribution >= 4 is 5.69 Å². The molecule has 1 N–H and O–H groups in total. The van der Waals surface area contributed by atoms with E-state index < -0.39 is 0 Å². The van der Waals surface area contributed by atoms with Gasteiger partial charge in [0.05, 0.1) is 6.54 Å². The second-order valence-corrected chi connectivity index (χ2v) is 5.62. The molecule has 4 heteroatoms. The molecule has 4 nitrogen and oxygen atoms in total. The minimum atomic E-state index is 0.503. The normalized spacial score (nSPS) is 14.7. The van der Waals surface area contributed by atoms with Gasteiger partial charge in [0.25, 0.3) is 0 Å². The van der Waals surface area contributed by atoms with Crippen LogP contribution in [0, 0.1) is 0 Å². The van der Waals surface area contributed by atoms with Gasteiger partial charge in [-0.25, -0.2) is 4.98 Å². The highest BCUT2D eigenvalue weighted by molar-refractivity contribution is 5.54. The Balaban J connectivity index is 1.80. The molecule has 1 aromatic carbocycles. The summed E-state index contributed by atoms with van der Waals surface area (Å²) in [5.41, 5.74) is 2.69. The van der Waals surface area contributed by atoms with E-state index in [0.717, 1.165) is 32.0 Å². The van der Waals surface area contributed by atoms with Gasteiger partial charge in [0.1, 0.15) is 5.82 Å². The van der Waals surface area contributed by atoms with Gasteiger partial charge in [-0.3, -0.25) is 0 Å². The quantitative estimate of drug-likeness (QED) is 0.926. The van der Waals surface area contributed by atoms with E-state index in [9.17, 15) is 0 Å². The maximum atomic E-state index is 4.44. The Labute approximate surface area is 120 Å². The van der Waals surface area contributed by atoms with E-state index in [-0.39, 0.29) is 0 Å². The maximum Gasteiger partial charge on any atom is 0.128 e. The van der Waals surface area contributed by atoms with E-state index >= 15 is 0 Å². The van der Waals surface area contributed by atoms with Crippen LogP contribution in [0.15, 0.2) is 36.7 Å². The van der Waals surface area contributed by atoms with Crippen LogP contribution in [0.25, 0.3) is 0 Å². The van der Waals surface area contributed by atoms with Crippen LogP contribution in [0.4, 0.5) is 5.69 Å². The van der Waals surface area contributed by atoms with Crippen LogP contribution in [0.5, 0.6) is 0 Å². The van der Waals surface area contributed by atoms with Crippen molar-refractivity contribution in [3.63, 3.8) is 0 Å². The van der Waals surface area contributed by atoms with Gasteiger partial charge in [0.15, 0.2) is 0 Å². The summed E-state index contributed by atoms with van der Waals surface area (Å²) in [7, 11) is 0. The monoisotopic (exact) mass is 270 g/mol. The first-order valence-corrected chi connectivity index (χ1v) is 7.30. The highest BCUT2D eigenvalue weighted by Crippen LogP contribution is 2.24. The van der Waals surface area contributed by atoms with E-state index in [0.29, 0.717) is 6.04 Å². The van der Waals surface area contributed by atoms with Gasteiger partial charge in [0, 0.05) is 43.8 Å². The fraction of sp³-hybridized carbons (Fsp3) is 0.438. The Kier molecular flexibility index (Phi) is 3.74. The summed E-state index contributed by atoms with van der Waals surface area (Å²) < 4.78 is 2.24. The maximum absolute atomic E-state index is 4.44. The van der Waals surface area contributed by atoms with E-state index in [1.807, 2.05) is 6.20 Å². The summed E-state index contributed by atoms with van der Waals surface area (Å²) >= 11 is 0. The lowest BCUT2D eigenvalue weighted by Gasteiger charge is -2.31. The van der Waals surface area contributed by atoms with Crippen molar-refractivity contribution in [2.24, 2.45) is 0 Å². The van der Waals surface area contributed by atoms with Gasteiger partial charge in [-0.1, -0.05) is 32.0 Å². The van der Waals surface area contributed by atoms with Gasteiger partial charge in [-0.15, -0.1) is 0 Å². The first-order chi connectivity index (χ1) is 9.74. The summed E-state index contributed by atoms with van der Waals surface area (Å²) in [4.78, 5) is 6.87. The standard InChI is InChI=1S/C16H22N4/c1-13(2)18-11-14-5-3-4-6-15(14)20-10-9-19-8-7-17-16(19)12-20/h3-8,13,18H,9-12H2,1-2H3. The Morgan fingerprint density at radius 3 is 2.95 bits per heavy atom. The molecule has 0 saturated carbocycles. The number of rotatable bonds is 4. The molecular weight excluding hydrogens is 248 g/mol. The minimum absolute atomic E-state index is 0.503. The number of benzene rings is 1. The summed E-state index contributed by atoms with van der Waals surface area (Å²) in [6, 6.07) is 9.17. The minimum Gasteiger partial charge on any atom is -0.362 e. The van der Waals surface area contributed by atoms with Crippen LogP contribution in [0.2, 0.25) is 0 Å². The van der Waals surface area contributed by atoms with E-state index in [1.54, 1.807) is 0 Å². The summed E-state index contributed by atoms with van der Waals surface area (Å²) in [6.07, 6.45) is 3.96. The molecule has 0 aliphatic carbocycles. The number of hydrogen-bond acceptors (Lipinski definition) is 3. The Bertz CT molecular complexity index is 573. The first kappa shape index (κ1) is 13.2. The van der Waals surface area contributed by atoms with Gasteiger partial charge < -0.3 is 14.8 Å². The van der Waals surface area contributed by atoms with Crippen LogP contribution < -0.4 is 10.2 Å². The zero-order valence-corrected chi connectivity index (χ0v) is 12.2. The summed E-state index contributed by atoms with van der Waals surface area (Å²) in [5, 5.41) is 3.51. The molecule has 0 amide bonds. The predicted molar refractivity (Wildman–Crippen MR) is 81.7 cm³/mol. The molecular formula is C16H22N4. The highest BCUT2D eigenvalue weighted by Gasteiger charge is 2.18. The third-order valence-electron chi connectivity index (χ3n) is 3.78. The molecule has 2 aromatic rings. The second-order valence-electron chi connectivity index (χ2n) is 5.62. The van der Waals surface area contributed by atoms with Crippen molar-refractivity contribution in [3.8, 4) is 0 Å². The molecule has 2 heterocycles. The van der Waals surface area contributed by atoms with Crippen LogP contribution in [0.3, 0.4) is 0 Å². The van der Waals surface area contributed by atoms with Gasteiger partial charge in [-0.05, 0) is 11.6 Å². The molecule has 106 valence electrons. The molecule has 0 spiro atoms. The van der Waals surface area contributed by atoms with Crippen molar-refractivity contribution in [1.82, 2.24) is 14.9 Å². The second kappa shape index (κ2) is 5.67. The first-order valence-electron chi connectivity index (χ1n) is 7.30. The Morgan fingerprint density at radius 2 is 2.10 bits per heavy atom. The third kappa shape index (κ3) is 2.70. The third-order valence-corrected chi connectivity index (χ3v) is 3.78. The molecule has 3 rings (SSSR count). The molecule has 20 heavy (non-hydrogen) atoms. The molecule has 1 aromatic heterocycles. The zero-order valence-electron chi connectivity index (χ0n) is 12.2. The van der Waals surface area contributed by atoms with Gasteiger partial charge >= 0.3 is 0 Å². The summed E-state index contributed by atoms with van der Waals surface area (Å²) in [5.74, 6) is 1.16. The number of imidazole rings is 1. The molecule has 0 unspecified atom stereocenters. The molecule has 0 bridgehead atoms. The Hall–Kier alpha value is -1.81. The number of aromatic nitrogens is 2. The van der Waals surface area contributed by atoms with Gasteiger partial charge in [-0.2, -0.15) is 0 Å². The predicted octanol–water partition coefficient (Wildman–Crippen LogP) is 2.40. The fourth-order valence-electron chi connectivity index (χ4n) is 2.66. The topological polar surface area (TPSA) is 33.1 Å². The zero-order chi connectivity index (χ0) is 13.9. The van der Waals surface area contributed by atoms with E-state index in [1.165, 1.54) is 11.3 Å². The lowest BCUT2D eigenvalue weighted by Crippen LogP contribution is -2.34. The smallest absolute Gasteiger partial charge is 0.128 e. The largest absolute Gasteiger partial charge is 0.362 e. The Morgan fingerprint density at radius 1 is 1.25 bits per heavy atom. The lowest BCUT2D eigenvalue weighted by molar-refractivity contribution is 0.553. The van der Waals surface area contributed by atoms with Crippen LogP contribution in [0.1, 0.15) is 25.2 Å². The van der Waals surface area contributed by atoms with Crippen molar-refractivity contribution in [2.75, 3.05) is 11.4 Å². The number of nitrogens with one attached hydrogen (secondary N) is 1. The van der Waals surface area contributed by atoms with Crippen LogP contribution >= 0.6 is 0 Å². The molecule has 1 aliphatic heterocycles. The van der Waals surface area contributed by atoms with Crippen molar-refractivity contribution < 1.29 is 0 Å². The van der Waals surface area contributed by atoms with Crippen molar-refractivity contribution in [1.29, 1.82) is 0 Å². The van der Waals surface area contributed by atoms with Crippen molar-refractivity contribution in [2.45, 2.75) is 39.5 Å². The van der Waals surface area contributed by atoms with Gasteiger partial charge in [0.2, 0.25) is 0 Å². The number of nitrogens with zero attached hydrogens (tertiary/aromatic N) is 3. The number of fused-ring (bicyclic) bond motifs is 1. The number of para-hydroxylation sites is 1. The molecule has 1 aliphatic rings. The average molecular weight is 270 g/mol. The molecule has 0 radical (unpaired) electrons. The van der Waals surface area contributed by atoms with Crippen LogP contribution in [-0.2, 0) is 19.6 Å². The summed E-state index contributed by atoms with van der Waals surface area (Å²) in [6.45, 7) is 8.23. The molecule has 0 atom stereocenters. The molecule has 0 fully saturated rings. The number of anilines is 1. The lowest BCUT2D eigenvalue weighted by atomic mass is 10.1. The van der Waals surface area contributed by atoms with E-state index in [4.69, 9.17) is 0 Å².